The minimum absolute atomic E-state index is 0.0994. The summed E-state index contributed by atoms with van der Waals surface area (Å²) >= 11 is 0. The fourth-order valence-electron chi connectivity index (χ4n) is 2.24. The molecule has 1 N–H and O–H groups in total. The van der Waals surface area contributed by atoms with Gasteiger partial charge in [-0.15, -0.1) is 0 Å². The number of carbonyl (C=O) groups is 1. The van der Waals surface area contributed by atoms with Gasteiger partial charge in [0.15, 0.2) is 0 Å². The second-order valence-corrected chi connectivity index (χ2v) is 6.35. The summed E-state index contributed by atoms with van der Waals surface area (Å²) < 4.78 is 11.3. The van der Waals surface area contributed by atoms with Crippen molar-refractivity contribution in [2.24, 2.45) is 0 Å². The van der Waals surface area contributed by atoms with E-state index in [-0.39, 0.29) is 18.1 Å². The number of nitrogens with one attached hydrogen (secondary N) is 1. The van der Waals surface area contributed by atoms with Crippen molar-refractivity contribution in [3.8, 4) is 11.5 Å². The Labute approximate surface area is 150 Å². The summed E-state index contributed by atoms with van der Waals surface area (Å²) in [6, 6.07) is 15.0. The van der Waals surface area contributed by atoms with E-state index >= 15 is 0 Å². The predicted molar refractivity (Wildman–Crippen MR) is 100 cm³/mol. The zero-order chi connectivity index (χ0) is 18.2. The number of hydrogen-bond acceptors (Lipinski definition) is 3. The summed E-state index contributed by atoms with van der Waals surface area (Å²) in [7, 11) is 0. The minimum atomic E-state index is -0.0994. The quantitative estimate of drug-likeness (QED) is 0.764. The number of benzene rings is 2. The van der Waals surface area contributed by atoms with Crippen LogP contribution in [0.1, 0.15) is 50.0 Å². The van der Waals surface area contributed by atoms with Crippen LogP contribution < -0.4 is 14.8 Å². The summed E-state index contributed by atoms with van der Waals surface area (Å²) in [5.41, 5.74) is 1.65. The standard InChI is InChI=1S/C21H27NO3/c1-5-16(4)25-20-12-8-18(9-13-20)21(23)22-14-17-6-10-19(11-7-17)24-15(2)3/h6-13,15-16H,5,14H2,1-4H3,(H,22,23). The number of amides is 1. The monoisotopic (exact) mass is 341 g/mol. The Morgan fingerprint density at radius 2 is 1.48 bits per heavy atom. The molecule has 1 unspecified atom stereocenters. The molecule has 0 bridgehead atoms. The maximum atomic E-state index is 12.2. The van der Waals surface area contributed by atoms with Crippen molar-refractivity contribution in [1.82, 2.24) is 5.32 Å². The lowest BCUT2D eigenvalue weighted by molar-refractivity contribution is 0.0951. The van der Waals surface area contributed by atoms with Gasteiger partial charge in [0, 0.05) is 12.1 Å². The minimum Gasteiger partial charge on any atom is -0.491 e. The number of hydrogen-bond donors (Lipinski definition) is 1. The summed E-state index contributed by atoms with van der Waals surface area (Å²) in [5, 5.41) is 2.93. The van der Waals surface area contributed by atoms with Gasteiger partial charge in [-0.25, -0.2) is 0 Å². The van der Waals surface area contributed by atoms with Gasteiger partial charge in [-0.3, -0.25) is 4.79 Å². The average molecular weight is 341 g/mol. The highest BCUT2D eigenvalue weighted by Crippen LogP contribution is 2.16. The molecule has 0 aromatic heterocycles. The molecular formula is C21H27NO3. The van der Waals surface area contributed by atoms with Gasteiger partial charge in [0.2, 0.25) is 0 Å². The van der Waals surface area contributed by atoms with Gasteiger partial charge in [0.25, 0.3) is 5.91 Å². The average Bonchev–Trinajstić information content (AvgIpc) is 2.61. The Balaban J connectivity index is 1.87. The van der Waals surface area contributed by atoms with Crippen molar-refractivity contribution in [3.63, 3.8) is 0 Å². The van der Waals surface area contributed by atoms with Gasteiger partial charge in [-0.05, 0) is 69.2 Å². The van der Waals surface area contributed by atoms with E-state index in [0.29, 0.717) is 12.1 Å². The van der Waals surface area contributed by atoms with Gasteiger partial charge in [-0.1, -0.05) is 19.1 Å². The van der Waals surface area contributed by atoms with Crippen LogP contribution in [0, 0.1) is 0 Å². The van der Waals surface area contributed by atoms with Crippen molar-refractivity contribution in [2.45, 2.75) is 52.9 Å². The highest BCUT2D eigenvalue weighted by Gasteiger charge is 2.07. The molecule has 2 rings (SSSR count). The molecule has 0 aliphatic heterocycles. The van der Waals surface area contributed by atoms with Gasteiger partial charge in [-0.2, -0.15) is 0 Å². The number of carbonyl (C=O) groups excluding carboxylic acids is 1. The topological polar surface area (TPSA) is 47.6 Å². The van der Waals surface area contributed by atoms with E-state index in [0.717, 1.165) is 23.5 Å². The van der Waals surface area contributed by atoms with Crippen LogP contribution in [-0.2, 0) is 6.54 Å². The zero-order valence-corrected chi connectivity index (χ0v) is 15.4. The van der Waals surface area contributed by atoms with E-state index < -0.39 is 0 Å². The molecule has 0 aliphatic carbocycles. The molecule has 4 heteroatoms. The molecule has 134 valence electrons. The molecule has 1 amide bonds. The second-order valence-electron chi connectivity index (χ2n) is 6.35. The Bertz CT molecular complexity index is 663. The van der Waals surface area contributed by atoms with Crippen LogP contribution in [0.4, 0.5) is 0 Å². The summed E-state index contributed by atoms with van der Waals surface area (Å²) in [4.78, 5) is 12.2. The first-order valence-electron chi connectivity index (χ1n) is 8.78. The van der Waals surface area contributed by atoms with Gasteiger partial charge >= 0.3 is 0 Å². The zero-order valence-electron chi connectivity index (χ0n) is 15.4. The Kier molecular flexibility index (Phi) is 6.87. The first kappa shape index (κ1) is 18.8. The van der Waals surface area contributed by atoms with Gasteiger partial charge < -0.3 is 14.8 Å². The molecule has 0 heterocycles. The summed E-state index contributed by atoms with van der Waals surface area (Å²) in [5.74, 6) is 1.52. The number of ether oxygens (including phenoxy) is 2. The Morgan fingerprint density at radius 3 is 2.04 bits per heavy atom. The van der Waals surface area contributed by atoms with Crippen molar-refractivity contribution in [2.75, 3.05) is 0 Å². The normalized spacial score (nSPS) is 11.9. The maximum Gasteiger partial charge on any atom is 0.251 e. The predicted octanol–water partition coefficient (Wildman–Crippen LogP) is 4.58. The lowest BCUT2D eigenvalue weighted by Gasteiger charge is -2.13. The first-order chi connectivity index (χ1) is 12.0. The summed E-state index contributed by atoms with van der Waals surface area (Å²) in [6.45, 7) is 8.57. The molecule has 0 spiro atoms. The van der Waals surface area contributed by atoms with Crippen LogP contribution in [-0.4, -0.2) is 18.1 Å². The highest BCUT2D eigenvalue weighted by atomic mass is 16.5. The van der Waals surface area contributed by atoms with E-state index in [1.807, 2.05) is 57.2 Å². The molecule has 2 aromatic rings. The van der Waals surface area contributed by atoms with Crippen LogP contribution in [0.25, 0.3) is 0 Å². The van der Waals surface area contributed by atoms with Gasteiger partial charge in [0.1, 0.15) is 11.5 Å². The van der Waals surface area contributed by atoms with Crippen LogP contribution in [0.3, 0.4) is 0 Å². The van der Waals surface area contributed by atoms with Gasteiger partial charge in [0.05, 0.1) is 12.2 Å². The second kappa shape index (κ2) is 9.11. The first-order valence-corrected chi connectivity index (χ1v) is 8.78. The number of rotatable bonds is 8. The van der Waals surface area contributed by atoms with Crippen LogP contribution >= 0.6 is 0 Å². The van der Waals surface area contributed by atoms with Crippen molar-refractivity contribution < 1.29 is 14.3 Å². The van der Waals surface area contributed by atoms with Crippen LogP contribution in [0.2, 0.25) is 0 Å². The van der Waals surface area contributed by atoms with Crippen molar-refractivity contribution >= 4 is 5.91 Å². The molecule has 25 heavy (non-hydrogen) atoms. The Morgan fingerprint density at radius 1 is 0.920 bits per heavy atom. The third kappa shape index (κ3) is 6.14. The fourth-order valence-corrected chi connectivity index (χ4v) is 2.24. The van der Waals surface area contributed by atoms with Crippen molar-refractivity contribution in [1.29, 1.82) is 0 Å². The van der Waals surface area contributed by atoms with E-state index in [1.54, 1.807) is 12.1 Å². The molecule has 0 radical (unpaired) electrons. The van der Waals surface area contributed by atoms with E-state index in [1.165, 1.54) is 0 Å². The lowest BCUT2D eigenvalue weighted by atomic mass is 10.2. The maximum absolute atomic E-state index is 12.2. The van der Waals surface area contributed by atoms with E-state index in [9.17, 15) is 4.79 Å². The summed E-state index contributed by atoms with van der Waals surface area (Å²) in [6.07, 6.45) is 1.27. The lowest BCUT2D eigenvalue weighted by Crippen LogP contribution is -2.22. The molecule has 0 saturated carbocycles. The smallest absolute Gasteiger partial charge is 0.251 e. The molecule has 0 fully saturated rings. The van der Waals surface area contributed by atoms with Crippen LogP contribution in [0.5, 0.6) is 11.5 Å². The van der Waals surface area contributed by atoms with Crippen LogP contribution in [0.15, 0.2) is 48.5 Å². The largest absolute Gasteiger partial charge is 0.491 e. The highest BCUT2D eigenvalue weighted by molar-refractivity contribution is 5.94. The van der Waals surface area contributed by atoms with E-state index in [4.69, 9.17) is 9.47 Å². The third-order valence-electron chi connectivity index (χ3n) is 3.78. The SMILES string of the molecule is CCC(C)Oc1ccc(C(=O)NCc2ccc(OC(C)C)cc2)cc1. The molecule has 1 atom stereocenters. The molecular weight excluding hydrogens is 314 g/mol. The fraction of sp³-hybridized carbons (Fsp3) is 0.381. The molecule has 0 saturated heterocycles. The third-order valence-corrected chi connectivity index (χ3v) is 3.78. The molecule has 0 aliphatic rings. The Hall–Kier alpha value is -2.49. The molecule has 4 nitrogen and oxygen atoms in total. The van der Waals surface area contributed by atoms with E-state index in [2.05, 4.69) is 12.2 Å². The van der Waals surface area contributed by atoms with Crippen molar-refractivity contribution in [3.05, 3.63) is 59.7 Å². The molecule has 2 aromatic carbocycles.